The first kappa shape index (κ1) is 20.9. The number of piperidine rings is 1. The van der Waals surface area contributed by atoms with Gasteiger partial charge in [-0.1, -0.05) is 49.6 Å². The minimum Gasteiger partial charge on any atom is -0.327 e. The van der Waals surface area contributed by atoms with Gasteiger partial charge in [-0.2, -0.15) is 4.31 Å². The third-order valence-electron chi connectivity index (χ3n) is 6.49. The molecule has 0 N–H and O–H groups in total. The zero-order valence-corrected chi connectivity index (χ0v) is 18.5. The Morgan fingerprint density at radius 2 is 1.72 bits per heavy atom. The van der Waals surface area contributed by atoms with Crippen molar-refractivity contribution in [2.75, 3.05) is 25.4 Å². The first-order valence-electron chi connectivity index (χ1n) is 10.7. The summed E-state index contributed by atoms with van der Waals surface area (Å²) >= 11 is 1.85. The summed E-state index contributed by atoms with van der Waals surface area (Å²) in [5.41, 5.74) is 0.875. The van der Waals surface area contributed by atoms with E-state index in [1.807, 2.05) is 42.1 Å². The van der Waals surface area contributed by atoms with Crippen LogP contribution in [0.4, 0.5) is 0 Å². The van der Waals surface area contributed by atoms with E-state index in [2.05, 4.69) is 4.90 Å². The summed E-state index contributed by atoms with van der Waals surface area (Å²) in [5.74, 6) is 1.45. The quantitative estimate of drug-likeness (QED) is 0.720. The Bertz CT molecular complexity index is 840. The highest BCUT2D eigenvalue weighted by Gasteiger charge is 2.48. The number of benzene rings is 1. The van der Waals surface area contributed by atoms with Crippen molar-refractivity contribution in [2.24, 2.45) is 5.92 Å². The van der Waals surface area contributed by atoms with Crippen molar-refractivity contribution in [3.05, 3.63) is 41.3 Å². The zero-order chi connectivity index (χ0) is 20.3. The topological polar surface area (TPSA) is 57.7 Å². The second-order valence-electron chi connectivity index (χ2n) is 8.28. The van der Waals surface area contributed by atoms with E-state index < -0.39 is 10.0 Å². The van der Waals surface area contributed by atoms with Gasteiger partial charge >= 0.3 is 0 Å². The molecule has 0 bridgehead atoms. The van der Waals surface area contributed by atoms with E-state index in [9.17, 15) is 13.2 Å². The lowest BCUT2D eigenvalue weighted by atomic mass is 9.87. The van der Waals surface area contributed by atoms with Gasteiger partial charge < -0.3 is 4.90 Å². The summed E-state index contributed by atoms with van der Waals surface area (Å²) in [4.78, 5) is 15.1. The molecular formula is C22H30N2O3S2. The molecule has 3 fully saturated rings. The maximum absolute atomic E-state index is 13.2. The molecule has 1 saturated carbocycles. The van der Waals surface area contributed by atoms with Crippen molar-refractivity contribution in [3.8, 4) is 0 Å². The van der Waals surface area contributed by atoms with Crippen LogP contribution in [0.1, 0.15) is 50.5 Å². The number of hydrogen-bond donors (Lipinski definition) is 0. The average Bonchev–Trinajstić information content (AvgIpc) is 3.16. The van der Waals surface area contributed by atoms with Gasteiger partial charge in [0.05, 0.1) is 4.87 Å². The number of amides is 1. The van der Waals surface area contributed by atoms with Gasteiger partial charge in [-0.3, -0.25) is 4.79 Å². The maximum atomic E-state index is 13.2. The summed E-state index contributed by atoms with van der Waals surface area (Å²) in [6, 6.07) is 9.48. The SMILES string of the molecule is O=C(C1CCCCC1)N1CCSC12CCN(S(=O)(=O)/C=C/c1ccccc1)CC2. The number of nitrogens with zero attached hydrogens (tertiary/aromatic N) is 2. The van der Waals surface area contributed by atoms with Crippen LogP contribution in [0.2, 0.25) is 0 Å². The fourth-order valence-electron chi connectivity index (χ4n) is 4.81. The lowest BCUT2D eigenvalue weighted by Crippen LogP contribution is -2.54. The van der Waals surface area contributed by atoms with Gasteiger partial charge in [-0.15, -0.1) is 11.8 Å². The van der Waals surface area contributed by atoms with Crippen LogP contribution in [0.3, 0.4) is 0 Å². The number of carbonyl (C=O) groups is 1. The first-order chi connectivity index (χ1) is 14.0. The standard InChI is InChI=1S/C22H30N2O3S2/c25-21(20-9-5-2-6-10-20)24-16-17-28-22(24)12-14-23(15-13-22)29(26,27)18-11-19-7-3-1-4-8-19/h1,3-4,7-8,11,18,20H,2,5-6,9-10,12-17H2/b18-11+. The third kappa shape index (κ3) is 4.57. The van der Waals surface area contributed by atoms with E-state index in [0.29, 0.717) is 31.8 Å². The lowest BCUT2D eigenvalue weighted by Gasteiger charge is -2.44. The first-order valence-corrected chi connectivity index (χ1v) is 13.2. The van der Waals surface area contributed by atoms with Gasteiger partial charge in [-0.05, 0) is 37.3 Å². The molecule has 7 heteroatoms. The van der Waals surface area contributed by atoms with Gasteiger partial charge in [0.15, 0.2) is 0 Å². The van der Waals surface area contributed by atoms with E-state index in [-0.39, 0.29) is 10.8 Å². The molecule has 4 rings (SSSR count). The van der Waals surface area contributed by atoms with Gasteiger partial charge in [-0.25, -0.2) is 8.42 Å². The highest BCUT2D eigenvalue weighted by Crippen LogP contribution is 2.45. The maximum Gasteiger partial charge on any atom is 0.236 e. The number of sulfonamides is 1. The summed E-state index contributed by atoms with van der Waals surface area (Å²) in [5, 5.41) is 1.31. The van der Waals surface area contributed by atoms with Gasteiger partial charge in [0, 0.05) is 36.7 Å². The van der Waals surface area contributed by atoms with Crippen LogP contribution in [0, 0.1) is 5.92 Å². The van der Waals surface area contributed by atoms with Crippen LogP contribution in [0.25, 0.3) is 6.08 Å². The van der Waals surface area contributed by atoms with Gasteiger partial charge in [0.25, 0.3) is 0 Å². The molecule has 2 aliphatic heterocycles. The Kier molecular flexibility index (Phi) is 6.37. The molecule has 29 heavy (non-hydrogen) atoms. The van der Waals surface area contributed by atoms with E-state index in [1.54, 1.807) is 10.4 Å². The molecule has 0 radical (unpaired) electrons. The minimum atomic E-state index is -3.45. The second-order valence-corrected chi connectivity index (χ2v) is 11.6. The van der Waals surface area contributed by atoms with Crippen LogP contribution in [0.15, 0.2) is 35.7 Å². The van der Waals surface area contributed by atoms with Gasteiger partial charge in [0.1, 0.15) is 0 Å². The van der Waals surface area contributed by atoms with E-state index >= 15 is 0 Å². The van der Waals surface area contributed by atoms with E-state index in [1.165, 1.54) is 11.8 Å². The smallest absolute Gasteiger partial charge is 0.236 e. The Balaban J connectivity index is 1.41. The molecule has 1 aromatic rings. The number of thioether (sulfide) groups is 1. The van der Waals surface area contributed by atoms with Crippen molar-refractivity contribution < 1.29 is 13.2 Å². The average molecular weight is 435 g/mol. The zero-order valence-electron chi connectivity index (χ0n) is 16.8. The molecule has 1 amide bonds. The summed E-state index contributed by atoms with van der Waals surface area (Å²) in [7, 11) is -3.45. The highest BCUT2D eigenvalue weighted by atomic mass is 32.2. The summed E-state index contributed by atoms with van der Waals surface area (Å²) < 4.78 is 27.1. The van der Waals surface area contributed by atoms with Crippen LogP contribution >= 0.6 is 11.8 Å². The Labute approximate surface area is 178 Å². The Hall–Kier alpha value is -1.31. The fraction of sp³-hybridized carbons (Fsp3) is 0.591. The number of rotatable bonds is 4. The van der Waals surface area contributed by atoms with Crippen molar-refractivity contribution in [2.45, 2.75) is 49.8 Å². The van der Waals surface area contributed by atoms with Crippen molar-refractivity contribution in [1.29, 1.82) is 0 Å². The van der Waals surface area contributed by atoms with Crippen LogP contribution in [-0.4, -0.2) is 53.8 Å². The third-order valence-corrected chi connectivity index (χ3v) is 9.61. The minimum absolute atomic E-state index is 0.176. The van der Waals surface area contributed by atoms with Crippen molar-refractivity contribution in [3.63, 3.8) is 0 Å². The molecule has 1 aliphatic carbocycles. The fourth-order valence-corrected chi connectivity index (χ4v) is 7.46. The molecule has 2 heterocycles. The Morgan fingerprint density at radius 1 is 1.03 bits per heavy atom. The molecule has 158 valence electrons. The predicted molar refractivity (Wildman–Crippen MR) is 119 cm³/mol. The molecule has 0 aromatic heterocycles. The lowest BCUT2D eigenvalue weighted by molar-refractivity contribution is -0.140. The predicted octanol–water partition coefficient (Wildman–Crippen LogP) is 3.93. The monoisotopic (exact) mass is 434 g/mol. The molecule has 0 unspecified atom stereocenters. The highest BCUT2D eigenvalue weighted by molar-refractivity contribution is 8.00. The second kappa shape index (κ2) is 8.82. The van der Waals surface area contributed by atoms with Crippen molar-refractivity contribution in [1.82, 2.24) is 9.21 Å². The molecule has 1 spiro atoms. The molecule has 2 saturated heterocycles. The van der Waals surface area contributed by atoms with Gasteiger partial charge in [0.2, 0.25) is 15.9 Å². The van der Waals surface area contributed by atoms with Crippen LogP contribution in [-0.2, 0) is 14.8 Å². The van der Waals surface area contributed by atoms with Crippen LogP contribution < -0.4 is 0 Å². The summed E-state index contributed by atoms with van der Waals surface area (Å²) in [6.45, 7) is 1.76. The Morgan fingerprint density at radius 3 is 2.41 bits per heavy atom. The number of hydrogen-bond acceptors (Lipinski definition) is 4. The normalized spacial score (nSPS) is 23.8. The van der Waals surface area contributed by atoms with Crippen molar-refractivity contribution >= 4 is 33.8 Å². The molecule has 5 nitrogen and oxygen atoms in total. The largest absolute Gasteiger partial charge is 0.327 e. The van der Waals surface area contributed by atoms with E-state index in [4.69, 9.17) is 0 Å². The summed E-state index contributed by atoms with van der Waals surface area (Å²) in [6.07, 6.45) is 8.68. The number of carbonyl (C=O) groups excluding carboxylic acids is 1. The van der Waals surface area contributed by atoms with Crippen LogP contribution in [0.5, 0.6) is 0 Å². The molecule has 3 aliphatic rings. The van der Waals surface area contributed by atoms with E-state index in [0.717, 1.165) is 43.5 Å². The molecule has 0 atom stereocenters. The molecular weight excluding hydrogens is 404 g/mol. The molecule has 1 aromatic carbocycles.